The molecule has 9 heteroatoms. The summed E-state index contributed by atoms with van der Waals surface area (Å²) in [5, 5.41) is 11.8. The Morgan fingerprint density at radius 1 is 1.15 bits per heavy atom. The molecule has 6 nitrogen and oxygen atoms in total. The molecular weight excluding hydrogens is 413 g/mol. The van der Waals surface area contributed by atoms with Gasteiger partial charge in [0, 0.05) is 33.0 Å². The van der Waals surface area contributed by atoms with E-state index in [1.165, 1.54) is 6.07 Å². The van der Waals surface area contributed by atoms with Crippen molar-refractivity contribution in [2.45, 2.75) is 19.1 Å². The van der Waals surface area contributed by atoms with Crippen LogP contribution in [0.25, 0.3) is 0 Å². The summed E-state index contributed by atoms with van der Waals surface area (Å²) in [5.41, 5.74) is -0.608. The summed E-state index contributed by atoms with van der Waals surface area (Å²) in [7, 11) is 0. The van der Waals surface area contributed by atoms with Gasteiger partial charge in [-0.15, -0.1) is 10.1 Å². The van der Waals surface area contributed by atoms with Crippen molar-refractivity contribution in [3.63, 3.8) is 0 Å². The number of benzene rings is 2. The molecule has 0 saturated carbocycles. The fourth-order valence-electron chi connectivity index (χ4n) is 2.94. The average Bonchev–Trinajstić information content (AvgIpc) is 2.99. The van der Waals surface area contributed by atoms with Gasteiger partial charge in [0.1, 0.15) is 5.82 Å². The van der Waals surface area contributed by atoms with Crippen LogP contribution in [0.4, 0.5) is 0 Å². The van der Waals surface area contributed by atoms with Gasteiger partial charge in [0.2, 0.25) is 0 Å². The molecule has 0 N–H and O–H groups in total. The molecule has 0 spiro atoms. The van der Waals surface area contributed by atoms with Gasteiger partial charge in [-0.1, -0.05) is 53.0 Å². The van der Waals surface area contributed by atoms with Crippen LogP contribution in [0.2, 0.25) is 15.1 Å². The summed E-state index contributed by atoms with van der Waals surface area (Å²) >= 11 is 18.4. The van der Waals surface area contributed by atoms with E-state index >= 15 is 0 Å². The van der Waals surface area contributed by atoms with Gasteiger partial charge in [-0.25, -0.2) is 4.98 Å². The Balaban J connectivity index is 2.28. The van der Waals surface area contributed by atoms with Crippen LogP contribution in [-0.2, 0) is 17.0 Å². The van der Waals surface area contributed by atoms with Gasteiger partial charge in [0.15, 0.2) is 5.60 Å². The minimum atomic E-state index is -1.53. The number of rotatable bonds is 6. The highest BCUT2D eigenvalue weighted by molar-refractivity contribution is 6.35. The fraction of sp³-hybridized carbons (Fsp3) is 0.167. The van der Waals surface area contributed by atoms with Gasteiger partial charge >= 0.3 is 0 Å². The van der Waals surface area contributed by atoms with E-state index in [0.717, 1.165) is 0 Å². The van der Waals surface area contributed by atoms with Crippen LogP contribution in [0, 0.1) is 17.0 Å². The van der Waals surface area contributed by atoms with Crippen molar-refractivity contribution < 1.29 is 9.92 Å². The third-order valence-corrected chi connectivity index (χ3v) is 5.02. The van der Waals surface area contributed by atoms with E-state index < -0.39 is 10.7 Å². The van der Waals surface area contributed by atoms with Gasteiger partial charge in [0.05, 0.1) is 6.54 Å². The molecule has 1 aromatic heterocycles. The molecule has 1 heterocycles. The lowest BCUT2D eigenvalue weighted by Gasteiger charge is -2.34. The van der Waals surface area contributed by atoms with Gasteiger partial charge in [0.25, 0.3) is 5.09 Å². The number of hydrogen-bond donors (Lipinski definition) is 0. The zero-order chi connectivity index (χ0) is 19.6. The maximum atomic E-state index is 11.5. The SMILES string of the molecule is Cc1nccn1CC(O[N+](=O)[O-])(c1ccc(Cl)cc1)c1ccc(Cl)cc1Cl. The monoisotopic (exact) mass is 425 g/mol. The zero-order valence-electron chi connectivity index (χ0n) is 14.1. The summed E-state index contributed by atoms with van der Waals surface area (Å²) in [5.74, 6) is 0.672. The Labute approximate surface area is 170 Å². The molecular formula is C18H14Cl3N3O3. The fourth-order valence-corrected chi connectivity index (χ4v) is 3.62. The molecule has 0 aliphatic carbocycles. The van der Waals surface area contributed by atoms with E-state index in [2.05, 4.69) is 4.98 Å². The van der Waals surface area contributed by atoms with Crippen LogP contribution < -0.4 is 0 Å². The van der Waals surface area contributed by atoms with Gasteiger partial charge in [-0.3, -0.25) is 4.84 Å². The summed E-state index contributed by atoms with van der Waals surface area (Å²) < 4.78 is 1.75. The van der Waals surface area contributed by atoms with Crippen molar-refractivity contribution in [3.05, 3.63) is 97.0 Å². The highest BCUT2D eigenvalue weighted by atomic mass is 35.5. The Bertz CT molecular complexity index is 975. The molecule has 27 heavy (non-hydrogen) atoms. The van der Waals surface area contributed by atoms with Gasteiger partial charge in [-0.05, 0) is 36.8 Å². The number of aryl methyl sites for hydroxylation is 1. The molecule has 2 aromatic carbocycles. The normalized spacial score (nSPS) is 13.2. The van der Waals surface area contributed by atoms with E-state index in [0.29, 0.717) is 27.0 Å². The second-order valence-corrected chi connectivity index (χ2v) is 7.16. The highest BCUT2D eigenvalue weighted by Crippen LogP contribution is 2.41. The van der Waals surface area contributed by atoms with E-state index in [9.17, 15) is 10.1 Å². The molecule has 1 unspecified atom stereocenters. The Morgan fingerprint density at radius 3 is 2.37 bits per heavy atom. The molecule has 0 bridgehead atoms. The van der Waals surface area contributed by atoms with Crippen LogP contribution in [0.5, 0.6) is 0 Å². The van der Waals surface area contributed by atoms with Crippen molar-refractivity contribution >= 4 is 34.8 Å². The second kappa shape index (κ2) is 7.76. The molecule has 0 saturated heterocycles. The Kier molecular flexibility index (Phi) is 5.60. The summed E-state index contributed by atoms with van der Waals surface area (Å²) in [4.78, 5) is 21.0. The van der Waals surface area contributed by atoms with Crippen molar-refractivity contribution in [1.29, 1.82) is 0 Å². The summed E-state index contributed by atoms with van der Waals surface area (Å²) in [6, 6.07) is 11.4. The second-order valence-electron chi connectivity index (χ2n) is 5.88. The Morgan fingerprint density at radius 2 is 1.81 bits per heavy atom. The molecule has 0 fully saturated rings. The molecule has 0 aliphatic rings. The predicted octanol–water partition coefficient (Wildman–Crippen LogP) is 5.30. The molecule has 1 atom stereocenters. The number of nitrogens with zero attached hydrogens (tertiary/aromatic N) is 3. The van der Waals surface area contributed by atoms with Gasteiger partial charge in [-0.2, -0.15) is 0 Å². The van der Waals surface area contributed by atoms with Crippen LogP contribution in [0.15, 0.2) is 54.9 Å². The minimum Gasteiger partial charge on any atom is -0.332 e. The number of aromatic nitrogens is 2. The average molecular weight is 427 g/mol. The quantitative estimate of drug-likeness (QED) is 0.396. The van der Waals surface area contributed by atoms with E-state index in [-0.39, 0.29) is 11.6 Å². The van der Waals surface area contributed by atoms with E-state index in [1.807, 2.05) is 0 Å². The van der Waals surface area contributed by atoms with E-state index in [4.69, 9.17) is 39.6 Å². The van der Waals surface area contributed by atoms with Crippen LogP contribution in [0.3, 0.4) is 0 Å². The largest absolute Gasteiger partial charge is 0.332 e. The van der Waals surface area contributed by atoms with Crippen molar-refractivity contribution in [2.75, 3.05) is 0 Å². The van der Waals surface area contributed by atoms with Gasteiger partial charge < -0.3 is 4.57 Å². The molecule has 0 radical (unpaired) electrons. The smallest absolute Gasteiger partial charge is 0.295 e. The lowest BCUT2D eigenvalue weighted by molar-refractivity contribution is -0.782. The third-order valence-electron chi connectivity index (χ3n) is 4.22. The maximum absolute atomic E-state index is 11.5. The van der Waals surface area contributed by atoms with Crippen molar-refractivity contribution in [2.24, 2.45) is 0 Å². The maximum Gasteiger partial charge on any atom is 0.295 e. The first-order valence-corrected chi connectivity index (χ1v) is 8.98. The molecule has 0 aliphatic heterocycles. The molecule has 140 valence electrons. The van der Waals surface area contributed by atoms with Crippen LogP contribution in [-0.4, -0.2) is 14.6 Å². The van der Waals surface area contributed by atoms with Crippen molar-refractivity contribution in [1.82, 2.24) is 9.55 Å². The predicted molar refractivity (Wildman–Crippen MR) is 104 cm³/mol. The van der Waals surface area contributed by atoms with Crippen LogP contribution in [0.1, 0.15) is 17.0 Å². The lowest BCUT2D eigenvalue weighted by atomic mass is 9.85. The topological polar surface area (TPSA) is 70.2 Å². The zero-order valence-corrected chi connectivity index (χ0v) is 16.4. The Hall–Kier alpha value is -2.28. The van der Waals surface area contributed by atoms with E-state index in [1.54, 1.807) is 60.3 Å². The summed E-state index contributed by atoms with van der Waals surface area (Å²) in [6.45, 7) is 1.87. The highest BCUT2D eigenvalue weighted by Gasteiger charge is 2.41. The number of imidazole rings is 1. The van der Waals surface area contributed by atoms with Crippen LogP contribution >= 0.6 is 34.8 Å². The standard InChI is InChI=1S/C18H14Cl3N3O3/c1-12-22-8-9-23(12)11-18(27-24(25)26,13-2-4-14(19)5-3-13)16-7-6-15(20)10-17(16)21/h2-10H,11H2,1H3. The lowest BCUT2D eigenvalue weighted by Crippen LogP contribution is -2.38. The molecule has 0 amide bonds. The third kappa shape index (κ3) is 4.03. The molecule has 3 aromatic rings. The minimum absolute atomic E-state index is 0.0722. The first-order chi connectivity index (χ1) is 12.8. The number of hydrogen-bond acceptors (Lipinski definition) is 4. The summed E-state index contributed by atoms with van der Waals surface area (Å²) in [6.07, 6.45) is 3.32. The first-order valence-electron chi connectivity index (χ1n) is 7.84. The number of halogens is 3. The van der Waals surface area contributed by atoms with Crippen molar-refractivity contribution in [3.8, 4) is 0 Å². The molecule has 3 rings (SSSR count). The first kappa shape index (κ1) is 19.5.